The molecule has 1 aromatic rings. The molecule has 1 aromatic heterocycles. The number of thiophene rings is 1. The van der Waals surface area contributed by atoms with Gasteiger partial charge >= 0.3 is 0 Å². The van der Waals surface area contributed by atoms with Gasteiger partial charge in [-0.3, -0.25) is 0 Å². The number of hydrogen-bond donors (Lipinski definition) is 1. The lowest BCUT2D eigenvalue weighted by Crippen LogP contribution is -2.21. The molecule has 5 heteroatoms. The smallest absolute Gasteiger partial charge is 0.0839 e. The zero-order valence-electron chi connectivity index (χ0n) is 8.08. The average molecular weight is 356 g/mol. The number of hydrogen-bond acceptors (Lipinski definition) is 3. The SMILES string of the molecule is OC(c1cc(Br)sc1Br)C1CCOCC1. The van der Waals surface area contributed by atoms with Crippen LogP contribution in [0.1, 0.15) is 24.5 Å². The molecular weight excluding hydrogens is 344 g/mol. The highest BCUT2D eigenvalue weighted by Gasteiger charge is 2.26. The number of aliphatic hydroxyl groups is 1. The fraction of sp³-hybridized carbons (Fsp3) is 0.600. The Kier molecular flexibility index (Phi) is 4.24. The summed E-state index contributed by atoms with van der Waals surface area (Å²) in [4.78, 5) is 0. The van der Waals surface area contributed by atoms with Crippen LogP contribution in [-0.4, -0.2) is 18.3 Å². The van der Waals surface area contributed by atoms with Gasteiger partial charge in [0.15, 0.2) is 0 Å². The van der Waals surface area contributed by atoms with Gasteiger partial charge in [0.2, 0.25) is 0 Å². The quantitative estimate of drug-likeness (QED) is 0.875. The van der Waals surface area contributed by atoms with Gasteiger partial charge in [-0.2, -0.15) is 0 Å². The van der Waals surface area contributed by atoms with Crippen LogP contribution in [0.15, 0.2) is 13.6 Å². The maximum atomic E-state index is 10.2. The van der Waals surface area contributed by atoms with Crippen LogP contribution < -0.4 is 0 Å². The van der Waals surface area contributed by atoms with Gasteiger partial charge in [-0.15, -0.1) is 11.3 Å². The Morgan fingerprint density at radius 2 is 2.07 bits per heavy atom. The molecule has 0 aromatic carbocycles. The van der Waals surface area contributed by atoms with E-state index in [9.17, 15) is 5.11 Å². The Hall–Kier alpha value is 0.580. The summed E-state index contributed by atoms with van der Waals surface area (Å²) in [5, 5.41) is 10.2. The van der Waals surface area contributed by atoms with Crippen LogP contribution in [0.4, 0.5) is 0 Å². The summed E-state index contributed by atoms with van der Waals surface area (Å²) in [5.41, 5.74) is 0.999. The minimum atomic E-state index is -0.370. The molecule has 2 rings (SSSR count). The van der Waals surface area contributed by atoms with E-state index in [0.717, 1.165) is 39.2 Å². The highest BCUT2D eigenvalue weighted by molar-refractivity contribution is 9.12. The molecule has 2 nitrogen and oxygen atoms in total. The van der Waals surface area contributed by atoms with Crippen molar-refractivity contribution in [1.29, 1.82) is 0 Å². The summed E-state index contributed by atoms with van der Waals surface area (Å²) in [6.45, 7) is 1.54. The van der Waals surface area contributed by atoms with Crippen molar-refractivity contribution in [1.82, 2.24) is 0 Å². The van der Waals surface area contributed by atoms with Crippen molar-refractivity contribution in [3.63, 3.8) is 0 Å². The van der Waals surface area contributed by atoms with Crippen LogP contribution in [0.5, 0.6) is 0 Å². The minimum absolute atomic E-state index is 0.330. The van der Waals surface area contributed by atoms with Gasteiger partial charge in [-0.1, -0.05) is 0 Å². The Bertz CT molecular complexity index is 334. The zero-order valence-corrected chi connectivity index (χ0v) is 12.1. The lowest BCUT2D eigenvalue weighted by Gasteiger charge is -2.26. The summed E-state index contributed by atoms with van der Waals surface area (Å²) in [7, 11) is 0. The van der Waals surface area contributed by atoms with Gasteiger partial charge in [0.1, 0.15) is 0 Å². The second kappa shape index (κ2) is 5.27. The van der Waals surface area contributed by atoms with E-state index in [0.29, 0.717) is 5.92 Å². The van der Waals surface area contributed by atoms with Crippen molar-refractivity contribution < 1.29 is 9.84 Å². The molecule has 1 N–H and O–H groups in total. The Labute approximate surface area is 110 Å². The molecule has 1 atom stereocenters. The number of halogens is 2. The summed E-state index contributed by atoms with van der Waals surface area (Å²) < 4.78 is 7.36. The van der Waals surface area contributed by atoms with Gasteiger partial charge in [0.05, 0.1) is 13.7 Å². The summed E-state index contributed by atoms with van der Waals surface area (Å²) in [6.07, 6.45) is 1.52. The van der Waals surface area contributed by atoms with Gasteiger partial charge < -0.3 is 9.84 Å². The third-order valence-corrected chi connectivity index (χ3v) is 5.10. The standard InChI is InChI=1S/C10H12Br2O2S/c11-8-5-7(10(12)15-8)9(13)6-1-3-14-4-2-6/h5-6,9,13H,1-4H2. The van der Waals surface area contributed by atoms with E-state index in [2.05, 4.69) is 31.9 Å². The first kappa shape index (κ1) is 12.0. The number of rotatable bonds is 2. The van der Waals surface area contributed by atoms with Crippen LogP contribution >= 0.6 is 43.2 Å². The highest BCUT2D eigenvalue weighted by Crippen LogP contribution is 2.40. The van der Waals surface area contributed by atoms with E-state index in [4.69, 9.17) is 4.74 Å². The van der Waals surface area contributed by atoms with Crippen molar-refractivity contribution in [3.8, 4) is 0 Å². The topological polar surface area (TPSA) is 29.5 Å². The summed E-state index contributed by atoms with van der Waals surface area (Å²) in [5.74, 6) is 0.330. The van der Waals surface area contributed by atoms with Crippen LogP contribution in [0.3, 0.4) is 0 Å². The molecule has 15 heavy (non-hydrogen) atoms. The van der Waals surface area contributed by atoms with Crippen molar-refractivity contribution in [2.24, 2.45) is 5.92 Å². The Morgan fingerprint density at radius 3 is 2.60 bits per heavy atom. The zero-order chi connectivity index (χ0) is 10.8. The molecule has 1 fully saturated rings. The van der Waals surface area contributed by atoms with Crippen LogP contribution in [0.25, 0.3) is 0 Å². The molecule has 0 aliphatic carbocycles. The van der Waals surface area contributed by atoms with E-state index >= 15 is 0 Å². The van der Waals surface area contributed by atoms with Gasteiger partial charge in [-0.25, -0.2) is 0 Å². The van der Waals surface area contributed by atoms with Crippen molar-refractivity contribution >= 4 is 43.2 Å². The average Bonchev–Trinajstić information content (AvgIpc) is 2.58. The summed E-state index contributed by atoms with van der Waals surface area (Å²) in [6, 6.07) is 1.99. The molecule has 84 valence electrons. The highest BCUT2D eigenvalue weighted by atomic mass is 79.9. The van der Waals surface area contributed by atoms with E-state index in [1.165, 1.54) is 0 Å². The molecule has 1 saturated heterocycles. The van der Waals surface area contributed by atoms with E-state index in [1.807, 2.05) is 6.07 Å². The maximum absolute atomic E-state index is 10.2. The molecule has 0 amide bonds. The number of ether oxygens (including phenoxy) is 1. The molecule has 1 aliphatic rings. The van der Waals surface area contributed by atoms with Crippen LogP contribution in [0.2, 0.25) is 0 Å². The predicted molar refractivity (Wildman–Crippen MR) is 68.2 cm³/mol. The molecule has 1 aliphatic heterocycles. The molecule has 0 radical (unpaired) electrons. The fourth-order valence-corrected chi connectivity index (χ4v) is 4.75. The molecule has 0 saturated carbocycles. The predicted octanol–water partition coefficient (Wildman–Crippen LogP) is 3.73. The molecule has 0 spiro atoms. The lowest BCUT2D eigenvalue weighted by atomic mass is 9.91. The molecule has 2 heterocycles. The van der Waals surface area contributed by atoms with Crippen molar-refractivity contribution in [3.05, 3.63) is 19.2 Å². The van der Waals surface area contributed by atoms with E-state index in [1.54, 1.807) is 11.3 Å². The van der Waals surface area contributed by atoms with Gasteiger partial charge in [0.25, 0.3) is 0 Å². The molecule has 0 bridgehead atoms. The van der Waals surface area contributed by atoms with Crippen LogP contribution in [-0.2, 0) is 4.74 Å². The normalized spacial score (nSPS) is 20.5. The molecular formula is C10H12Br2O2S. The van der Waals surface area contributed by atoms with E-state index < -0.39 is 0 Å². The summed E-state index contributed by atoms with van der Waals surface area (Å²) >= 11 is 8.51. The van der Waals surface area contributed by atoms with E-state index in [-0.39, 0.29) is 6.10 Å². The first-order valence-corrected chi connectivity index (χ1v) is 7.29. The van der Waals surface area contributed by atoms with Crippen molar-refractivity contribution in [2.75, 3.05) is 13.2 Å². The minimum Gasteiger partial charge on any atom is -0.388 e. The largest absolute Gasteiger partial charge is 0.388 e. The third kappa shape index (κ3) is 2.82. The van der Waals surface area contributed by atoms with Gasteiger partial charge in [-0.05, 0) is 56.7 Å². The molecule has 1 unspecified atom stereocenters. The van der Waals surface area contributed by atoms with Gasteiger partial charge in [0, 0.05) is 18.8 Å². The second-order valence-corrected chi connectivity index (χ2v) is 7.42. The monoisotopic (exact) mass is 354 g/mol. The lowest BCUT2D eigenvalue weighted by molar-refractivity contribution is 0.00709. The first-order valence-electron chi connectivity index (χ1n) is 4.89. The number of aliphatic hydroxyl groups excluding tert-OH is 1. The Balaban J connectivity index is 2.12. The van der Waals surface area contributed by atoms with Crippen molar-refractivity contribution in [2.45, 2.75) is 18.9 Å². The fourth-order valence-electron chi connectivity index (χ4n) is 1.84. The first-order chi connectivity index (χ1) is 7.18. The third-order valence-electron chi connectivity index (χ3n) is 2.71. The second-order valence-electron chi connectivity index (χ2n) is 3.67. The van der Waals surface area contributed by atoms with Crippen LogP contribution in [0, 0.1) is 5.92 Å². The Morgan fingerprint density at radius 1 is 1.40 bits per heavy atom. The maximum Gasteiger partial charge on any atom is 0.0839 e.